The van der Waals surface area contributed by atoms with Crippen molar-refractivity contribution in [2.45, 2.75) is 102 Å². The molecule has 6 rings (SSSR count). The molecule has 1 saturated heterocycles. The van der Waals surface area contributed by atoms with Crippen LogP contribution in [0.3, 0.4) is 0 Å². The Bertz CT molecular complexity index is 2150. The lowest BCUT2D eigenvalue weighted by Gasteiger charge is -2.36. The van der Waals surface area contributed by atoms with Crippen LogP contribution in [-0.4, -0.2) is 95.3 Å². The normalized spacial score (nSPS) is 22.8. The number of aromatic nitrogens is 2. The van der Waals surface area contributed by atoms with Crippen LogP contribution in [0.25, 0.3) is 22.0 Å². The van der Waals surface area contributed by atoms with Crippen molar-refractivity contribution in [3.8, 4) is 22.9 Å². The molecule has 1 aliphatic heterocycles. The summed E-state index contributed by atoms with van der Waals surface area (Å²) in [6, 6.07) is 8.64. The zero-order valence-corrected chi connectivity index (χ0v) is 33.6. The molecule has 300 valence electrons. The van der Waals surface area contributed by atoms with E-state index >= 15 is 0 Å². The maximum absolute atomic E-state index is 14.6. The molecule has 1 aromatic carbocycles. The molecule has 2 aromatic heterocycles. The number of benzene rings is 1. The van der Waals surface area contributed by atoms with Gasteiger partial charge in [-0.3, -0.25) is 24.1 Å². The van der Waals surface area contributed by atoms with Gasteiger partial charge in [0.1, 0.15) is 35.1 Å². The van der Waals surface area contributed by atoms with Crippen LogP contribution >= 0.6 is 0 Å². The molecule has 3 fully saturated rings. The highest BCUT2D eigenvalue weighted by atomic mass is 32.2. The third-order valence-corrected chi connectivity index (χ3v) is 11.9. The van der Waals surface area contributed by atoms with E-state index in [-0.39, 0.29) is 25.3 Å². The molecule has 2 aliphatic carbocycles. The van der Waals surface area contributed by atoms with Gasteiger partial charge in [-0.05, 0) is 87.2 Å². The summed E-state index contributed by atoms with van der Waals surface area (Å²) in [5, 5.41) is 6.29. The summed E-state index contributed by atoms with van der Waals surface area (Å²) in [6.07, 6.45) is 4.21. The van der Waals surface area contributed by atoms with Crippen molar-refractivity contribution >= 4 is 44.6 Å². The first kappa shape index (κ1) is 40.4. The number of carbonyl (C=O) groups excluding carboxylic acids is 4. The Kier molecular flexibility index (Phi) is 10.8. The van der Waals surface area contributed by atoms with Crippen molar-refractivity contribution in [3.05, 3.63) is 61.4 Å². The predicted molar refractivity (Wildman–Crippen MR) is 208 cm³/mol. The number of amides is 4. The minimum Gasteiger partial charge on any atom is -0.497 e. The van der Waals surface area contributed by atoms with E-state index in [4.69, 9.17) is 19.2 Å². The first-order chi connectivity index (χ1) is 26.2. The van der Waals surface area contributed by atoms with Crippen LogP contribution in [0, 0.1) is 11.3 Å². The lowest BCUT2D eigenvalue weighted by Crippen LogP contribution is -2.60. The highest BCUT2D eigenvalue weighted by molar-refractivity contribution is 7.91. The van der Waals surface area contributed by atoms with Crippen LogP contribution in [0.4, 0.5) is 4.79 Å². The number of ether oxygens (including phenoxy) is 3. The van der Waals surface area contributed by atoms with Crippen LogP contribution in [0.15, 0.2) is 61.4 Å². The number of pyridine rings is 2. The van der Waals surface area contributed by atoms with Gasteiger partial charge in [0, 0.05) is 35.7 Å². The third kappa shape index (κ3) is 8.74. The summed E-state index contributed by atoms with van der Waals surface area (Å²) in [5.74, 6) is -1.79. The zero-order chi connectivity index (χ0) is 40.8. The Morgan fingerprint density at radius 1 is 1.04 bits per heavy atom. The number of nitrogens with one attached hydrogen (secondary N) is 3. The lowest BCUT2D eigenvalue weighted by molar-refractivity contribution is -0.143. The summed E-state index contributed by atoms with van der Waals surface area (Å²) in [4.78, 5) is 66.0. The number of alkyl carbamates (subject to hydrolysis) is 1. The van der Waals surface area contributed by atoms with Crippen molar-refractivity contribution in [1.29, 1.82) is 0 Å². The molecule has 15 nitrogen and oxygen atoms in total. The maximum Gasteiger partial charge on any atom is 0.408 e. The Balaban J connectivity index is 1.34. The van der Waals surface area contributed by atoms with Gasteiger partial charge < -0.3 is 29.7 Å². The molecule has 3 N–H and O–H groups in total. The maximum atomic E-state index is 14.6. The van der Waals surface area contributed by atoms with E-state index in [9.17, 15) is 27.6 Å². The minimum absolute atomic E-state index is 0.0173. The summed E-state index contributed by atoms with van der Waals surface area (Å²) >= 11 is 0. The largest absolute Gasteiger partial charge is 0.497 e. The number of sulfonamides is 1. The van der Waals surface area contributed by atoms with Gasteiger partial charge in [-0.1, -0.05) is 26.8 Å². The number of fused-ring (bicyclic) bond motifs is 1. The number of hydrogen-bond acceptors (Lipinski definition) is 11. The Hall–Kier alpha value is -5.25. The number of methoxy groups -OCH3 is 1. The molecule has 5 unspecified atom stereocenters. The quantitative estimate of drug-likeness (QED) is 0.222. The van der Waals surface area contributed by atoms with Crippen molar-refractivity contribution in [2.24, 2.45) is 11.3 Å². The zero-order valence-electron chi connectivity index (χ0n) is 32.7. The number of rotatable bonds is 12. The summed E-state index contributed by atoms with van der Waals surface area (Å²) in [6.45, 7) is 14.1. The van der Waals surface area contributed by atoms with Crippen molar-refractivity contribution in [2.75, 3.05) is 13.7 Å². The second-order valence-corrected chi connectivity index (χ2v) is 18.7. The Labute approximate surface area is 327 Å². The molecule has 5 atom stereocenters. The average Bonchev–Trinajstić information content (AvgIpc) is 4.06. The van der Waals surface area contributed by atoms with E-state index in [1.807, 2.05) is 30.3 Å². The Morgan fingerprint density at radius 2 is 1.73 bits per heavy atom. The molecule has 2 saturated carbocycles. The van der Waals surface area contributed by atoms with Gasteiger partial charge in [-0.25, -0.2) is 18.2 Å². The van der Waals surface area contributed by atoms with E-state index in [2.05, 4.69) is 26.9 Å². The van der Waals surface area contributed by atoms with Crippen molar-refractivity contribution < 1.29 is 41.8 Å². The number of nitrogens with zero attached hydrogens (tertiary/aromatic N) is 3. The highest BCUT2D eigenvalue weighted by Crippen LogP contribution is 2.46. The van der Waals surface area contributed by atoms with E-state index in [0.29, 0.717) is 29.7 Å². The van der Waals surface area contributed by atoms with Gasteiger partial charge >= 0.3 is 6.09 Å². The smallest absolute Gasteiger partial charge is 0.408 e. The van der Waals surface area contributed by atoms with Gasteiger partial charge in [-0.15, -0.1) is 6.58 Å². The van der Waals surface area contributed by atoms with Crippen LogP contribution < -0.4 is 24.8 Å². The molecule has 4 amide bonds. The first-order valence-corrected chi connectivity index (χ1v) is 20.2. The van der Waals surface area contributed by atoms with E-state index < -0.39 is 79.7 Å². The fourth-order valence-electron chi connectivity index (χ4n) is 6.88. The second-order valence-electron chi connectivity index (χ2n) is 16.7. The second kappa shape index (κ2) is 15.0. The molecular weight excluding hydrogens is 741 g/mol. The topological polar surface area (TPSA) is 195 Å². The van der Waals surface area contributed by atoms with E-state index in [0.717, 1.165) is 10.9 Å². The molecular formula is C40H50N6O9S. The predicted octanol–water partition coefficient (Wildman–Crippen LogP) is 4.26. The number of likely N-dealkylation sites (tertiary alicyclic amines) is 1. The molecule has 3 aliphatic rings. The number of hydrogen-bond donors (Lipinski definition) is 3. The summed E-state index contributed by atoms with van der Waals surface area (Å²) in [5.41, 5.74) is -1.89. The van der Waals surface area contributed by atoms with Gasteiger partial charge in [0.15, 0.2) is 0 Å². The van der Waals surface area contributed by atoms with E-state index in [1.165, 1.54) is 11.0 Å². The van der Waals surface area contributed by atoms with Crippen LogP contribution in [0.1, 0.15) is 67.2 Å². The average molecular weight is 791 g/mol. The summed E-state index contributed by atoms with van der Waals surface area (Å²) < 4.78 is 45.3. The van der Waals surface area contributed by atoms with Crippen molar-refractivity contribution in [3.63, 3.8) is 0 Å². The highest BCUT2D eigenvalue weighted by Gasteiger charge is 2.62. The number of carbonyl (C=O) groups is 4. The fraction of sp³-hybridized carbons (Fsp3) is 0.500. The molecule has 0 bridgehead atoms. The third-order valence-electron chi connectivity index (χ3n) is 10.1. The van der Waals surface area contributed by atoms with Gasteiger partial charge in [0.05, 0.1) is 24.6 Å². The SMILES string of the molecule is C=CC1CC1(NC(=O)C1CC(Oc2nc(-c3ccncc3)cc3cc(OC)ccc23)CN1C(=O)C(NC(=O)OC(C)(C)C)C(C)(C)C)C(=O)NS(=O)(=O)C1CC1. The molecule has 16 heteroatoms. The molecule has 3 aromatic rings. The van der Waals surface area contributed by atoms with Crippen molar-refractivity contribution in [1.82, 2.24) is 30.2 Å². The van der Waals surface area contributed by atoms with Gasteiger partial charge in [0.2, 0.25) is 27.7 Å². The Morgan fingerprint density at radius 3 is 2.32 bits per heavy atom. The minimum atomic E-state index is -3.92. The van der Waals surface area contributed by atoms with Gasteiger partial charge in [-0.2, -0.15) is 0 Å². The lowest BCUT2D eigenvalue weighted by atomic mass is 9.85. The monoisotopic (exact) mass is 790 g/mol. The first-order valence-electron chi connectivity index (χ1n) is 18.6. The standard InChI is InChI=1S/C40H50N6O9S/c1-9-25-21-40(25,36(49)45-56(51,52)28-11-12-28)44-33(47)31-20-27(22-46(31)35(48)32(38(2,3)4)43-37(50)55-39(5,6)7)54-34-29-13-10-26(53-8)18-24(29)19-30(42-34)23-14-16-41-17-15-23/h9-10,13-19,25,27-28,31-32H,1,11-12,20-22H2,2-8H3,(H,43,50)(H,44,47)(H,45,49). The van der Waals surface area contributed by atoms with Crippen LogP contribution in [0.2, 0.25) is 0 Å². The molecule has 56 heavy (non-hydrogen) atoms. The fourth-order valence-corrected chi connectivity index (χ4v) is 8.25. The van der Waals surface area contributed by atoms with Crippen LogP contribution in [-0.2, 0) is 29.1 Å². The molecule has 0 radical (unpaired) electrons. The van der Waals surface area contributed by atoms with E-state index in [1.54, 1.807) is 67.1 Å². The summed E-state index contributed by atoms with van der Waals surface area (Å²) in [7, 11) is -2.35. The molecule has 3 heterocycles. The van der Waals surface area contributed by atoms with Gasteiger partial charge in [0.25, 0.3) is 5.91 Å². The van der Waals surface area contributed by atoms with Crippen LogP contribution in [0.5, 0.6) is 11.6 Å². The molecule has 0 spiro atoms.